The van der Waals surface area contributed by atoms with Crippen molar-refractivity contribution in [1.29, 1.82) is 0 Å². The van der Waals surface area contributed by atoms with Crippen LogP contribution in [0.4, 0.5) is 13.2 Å². The van der Waals surface area contributed by atoms with E-state index in [1.807, 2.05) is 19.1 Å². The average molecular weight is 558 g/mol. The summed E-state index contributed by atoms with van der Waals surface area (Å²) < 4.78 is 52.6. The van der Waals surface area contributed by atoms with Crippen LogP contribution in [0.3, 0.4) is 0 Å². The molecule has 40 heavy (non-hydrogen) atoms. The SMILES string of the molecule is C=CC.CC(O)c1ccc2c(c1)CCc1c-2noc1-c1noc(-c2ccccc2)c1C(F)(F)F.O=CNCCO. The Morgan fingerprint density at radius 3 is 2.30 bits per heavy atom. The summed E-state index contributed by atoms with van der Waals surface area (Å²) in [5.74, 6) is -0.385. The van der Waals surface area contributed by atoms with Crippen molar-refractivity contribution in [3.63, 3.8) is 0 Å². The number of alkyl halides is 3. The second-order valence-electron chi connectivity index (χ2n) is 8.73. The molecule has 0 radical (unpaired) electrons. The van der Waals surface area contributed by atoms with Crippen molar-refractivity contribution in [3.05, 3.63) is 83.4 Å². The molecule has 3 N–H and O–H groups in total. The summed E-state index contributed by atoms with van der Waals surface area (Å²) in [6, 6.07) is 13.5. The van der Waals surface area contributed by atoms with Gasteiger partial charge in [0.25, 0.3) is 0 Å². The van der Waals surface area contributed by atoms with E-state index < -0.39 is 23.5 Å². The number of aryl methyl sites for hydroxylation is 1. The number of carbonyl (C=O) groups excluding carboxylic acids is 1. The molecule has 2 aromatic carbocycles. The van der Waals surface area contributed by atoms with E-state index in [1.54, 1.807) is 37.3 Å². The number of benzene rings is 2. The highest BCUT2D eigenvalue weighted by atomic mass is 19.4. The number of fused-ring (bicyclic) bond motifs is 3. The molecule has 4 aromatic rings. The maximum Gasteiger partial charge on any atom is 0.422 e. The third-order valence-electron chi connectivity index (χ3n) is 5.87. The molecule has 1 aliphatic rings. The predicted octanol–water partition coefficient (Wildman–Crippen LogP) is 5.75. The molecule has 0 fully saturated rings. The number of aliphatic hydroxyl groups excluding tert-OH is 2. The van der Waals surface area contributed by atoms with Crippen LogP contribution in [0.5, 0.6) is 0 Å². The average Bonchev–Trinajstić information content (AvgIpc) is 3.57. The molecule has 0 saturated carbocycles. The van der Waals surface area contributed by atoms with Gasteiger partial charge in [-0.15, -0.1) is 6.58 Å². The van der Waals surface area contributed by atoms with Gasteiger partial charge in [-0.05, 0) is 37.8 Å². The van der Waals surface area contributed by atoms with Crippen molar-refractivity contribution in [1.82, 2.24) is 15.6 Å². The molecule has 212 valence electrons. The van der Waals surface area contributed by atoms with Gasteiger partial charge in [0.1, 0.15) is 11.3 Å². The quantitative estimate of drug-likeness (QED) is 0.157. The minimum absolute atomic E-state index is 0.0126. The zero-order valence-corrected chi connectivity index (χ0v) is 22.0. The normalized spacial score (nSPS) is 12.5. The summed E-state index contributed by atoms with van der Waals surface area (Å²) in [4.78, 5) is 9.34. The molecular formula is C29H30F3N3O5. The van der Waals surface area contributed by atoms with Crippen LogP contribution in [0.2, 0.25) is 0 Å². The molecule has 8 nitrogen and oxygen atoms in total. The first-order valence-corrected chi connectivity index (χ1v) is 12.4. The molecule has 11 heteroatoms. The summed E-state index contributed by atoms with van der Waals surface area (Å²) in [5.41, 5.74) is 2.47. The summed E-state index contributed by atoms with van der Waals surface area (Å²) in [5, 5.41) is 27.9. The number of halogens is 3. The Hall–Kier alpha value is -4.22. The van der Waals surface area contributed by atoms with Crippen LogP contribution in [0.25, 0.3) is 34.0 Å². The van der Waals surface area contributed by atoms with Crippen molar-refractivity contribution < 1.29 is 37.2 Å². The molecule has 5 rings (SSSR count). The summed E-state index contributed by atoms with van der Waals surface area (Å²) in [6.45, 7) is 7.29. The zero-order valence-electron chi connectivity index (χ0n) is 22.0. The lowest BCUT2D eigenvalue weighted by molar-refractivity contribution is -0.136. The molecule has 1 unspecified atom stereocenters. The van der Waals surface area contributed by atoms with Crippen molar-refractivity contribution in [2.45, 2.75) is 39.0 Å². The molecule has 0 bridgehead atoms. The third-order valence-corrected chi connectivity index (χ3v) is 5.87. The van der Waals surface area contributed by atoms with Gasteiger partial charge in [-0.25, -0.2) is 0 Å². The number of hydrogen-bond acceptors (Lipinski definition) is 7. The van der Waals surface area contributed by atoms with Crippen LogP contribution in [0.1, 0.15) is 42.2 Å². The highest BCUT2D eigenvalue weighted by Gasteiger charge is 2.43. The Morgan fingerprint density at radius 2 is 1.73 bits per heavy atom. The number of nitrogens with zero attached hydrogens (tertiary/aromatic N) is 2. The Balaban J connectivity index is 0.000000429. The van der Waals surface area contributed by atoms with Gasteiger partial charge in [0.15, 0.2) is 17.2 Å². The number of amides is 1. The molecule has 1 amide bonds. The first kappa shape index (κ1) is 30.3. The van der Waals surface area contributed by atoms with Crippen LogP contribution >= 0.6 is 0 Å². The largest absolute Gasteiger partial charge is 0.422 e. The number of hydrogen-bond donors (Lipinski definition) is 3. The van der Waals surface area contributed by atoms with Crippen LogP contribution < -0.4 is 5.32 Å². The zero-order chi connectivity index (χ0) is 29.3. The van der Waals surface area contributed by atoms with E-state index in [0.29, 0.717) is 37.1 Å². The second-order valence-corrected chi connectivity index (χ2v) is 8.73. The molecule has 0 spiro atoms. The smallest absolute Gasteiger partial charge is 0.395 e. The van der Waals surface area contributed by atoms with Gasteiger partial charge >= 0.3 is 6.18 Å². The lowest BCUT2D eigenvalue weighted by atomic mass is 9.86. The first-order chi connectivity index (χ1) is 19.2. The van der Waals surface area contributed by atoms with E-state index in [4.69, 9.17) is 14.2 Å². The van der Waals surface area contributed by atoms with Gasteiger partial charge in [0.05, 0.1) is 12.7 Å². The Labute approximate surface area is 229 Å². The number of aliphatic hydroxyl groups is 2. The lowest BCUT2D eigenvalue weighted by Gasteiger charge is -2.17. The monoisotopic (exact) mass is 557 g/mol. The van der Waals surface area contributed by atoms with Crippen LogP contribution in [-0.4, -0.2) is 40.1 Å². The fourth-order valence-electron chi connectivity index (χ4n) is 4.13. The van der Waals surface area contributed by atoms with E-state index in [1.165, 1.54) is 12.1 Å². The summed E-state index contributed by atoms with van der Waals surface area (Å²) in [6.07, 6.45) is -1.98. The maximum atomic E-state index is 14.0. The van der Waals surface area contributed by atoms with Gasteiger partial charge < -0.3 is 24.6 Å². The summed E-state index contributed by atoms with van der Waals surface area (Å²) >= 11 is 0. The lowest BCUT2D eigenvalue weighted by Crippen LogP contribution is -2.14. The van der Waals surface area contributed by atoms with Crippen molar-refractivity contribution in [2.24, 2.45) is 0 Å². The van der Waals surface area contributed by atoms with Crippen molar-refractivity contribution in [2.75, 3.05) is 13.2 Å². The van der Waals surface area contributed by atoms with Crippen molar-refractivity contribution >= 4 is 6.41 Å². The second kappa shape index (κ2) is 13.7. The number of aromatic nitrogens is 2. The highest BCUT2D eigenvalue weighted by molar-refractivity contribution is 5.79. The standard InChI is InChI=1S/C23H17F3N2O3.C3H7NO2.C3H6/c1-12(29)14-7-9-16-15(11-14)8-10-17-19(16)27-31-22(17)20-18(23(24,25)26)21(30-28-20)13-5-3-2-4-6-13;5-2-1-4-3-6;1-3-2/h2-7,9,11-12,29H,8,10H2,1H3;3,5H,1-2H2,(H,4,6);3H,1H2,2H3. The maximum absolute atomic E-state index is 14.0. The van der Waals surface area contributed by atoms with Gasteiger partial charge in [-0.1, -0.05) is 64.9 Å². The minimum atomic E-state index is -4.70. The van der Waals surface area contributed by atoms with Crippen molar-refractivity contribution in [3.8, 4) is 34.0 Å². The molecule has 1 atom stereocenters. The Kier molecular flexibility index (Phi) is 10.4. The van der Waals surface area contributed by atoms with Crippen LogP contribution in [0.15, 0.2) is 70.2 Å². The Bertz CT molecular complexity index is 1410. The molecule has 2 heterocycles. The van der Waals surface area contributed by atoms with Crippen LogP contribution in [0, 0.1) is 0 Å². The molecule has 0 aliphatic heterocycles. The molecule has 0 saturated heterocycles. The fourth-order valence-corrected chi connectivity index (χ4v) is 4.13. The topological polar surface area (TPSA) is 122 Å². The summed E-state index contributed by atoms with van der Waals surface area (Å²) in [7, 11) is 0. The van der Waals surface area contributed by atoms with Gasteiger partial charge in [0, 0.05) is 23.2 Å². The van der Waals surface area contributed by atoms with E-state index in [0.717, 1.165) is 16.7 Å². The van der Waals surface area contributed by atoms with E-state index in [2.05, 4.69) is 22.2 Å². The number of rotatable bonds is 6. The van der Waals surface area contributed by atoms with E-state index >= 15 is 0 Å². The highest BCUT2D eigenvalue weighted by Crippen LogP contribution is 2.46. The number of allylic oxidation sites excluding steroid dienone is 1. The number of nitrogens with one attached hydrogen (secondary N) is 1. The Morgan fingerprint density at radius 1 is 1.07 bits per heavy atom. The first-order valence-electron chi connectivity index (χ1n) is 12.4. The minimum Gasteiger partial charge on any atom is -0.395 e. The molecule has 1 aliphatic carbocycles. The van der Waals surface area contributed by atoms with E-state index in [-0.39, 0.29) is 23.7 Å². The van der Waals surface area contributed by atoms with Gasteiger partial charge in [-0.3, -0.25) is 4.79 Å². The van der Waals surface area contributed by atoms with Gasteiger partial charge in [0.2, 0.25) is 6.41 Å². The third kappa shape index (κ3) is 6.85. The number of carbonyl (C=O) groups is 1. The fraction of sp³-hybridized carbons (Fsp3) is 0.276. The molecule has 2 aromatic heterocycles. The predicted molar refractivity (Wildman–Crippen MR) is 143 cm³/mol. The van der Waals surface area contributed by atoms with Gasteiger partial charge in [-0.2, -0.15) is 13.2 Å². The van der Waals surface area contributed by atoms with Crippen LogP contribution in [-0.2, 0) is 23.8 Å². The van der Waals surface area contributed by atoms with E-state index in [9.17, 15) is 23.1 Å². The molecular weight excluding hydrogens is 527 g/mol.